The van der Waals surface area contributed by atoms with Crippen LogP contribution in [0.4, 0.5) is 5.82 Å². The molecule has 1 atom stereocenters. The number of amides is 1. The van der Waals surface area contributed by atoms with E-state index in [1.807, 2.05) is 36.2 Å². The van der Waals surface area contributed by atoms with E-state index >= 15 is 0 Å². The first-order valence-electron chi connectivity index (χ1n) is 9.41. The van der Waals surface area contributed by atoms with E-state index in [4.69, 9.17) is 4.98 Å². The number of anilines is 1. The van der Waals surface area contributed by atoms with Gasteiger partial charge in [-0.1, -0.05) is 0 Å². The highest BCUT2D eigenvalue weighted by atomic mass is 16.2. The smallest absolute Gasteiger partial charge is 0.255 e. The van der Waals surface area contributed by atoms with Crippen LogP contribution in [-0.4, -0.2) is 50.9 Å². The van der Waals surface area contributed by atoms with Gasteiger partial charge in [0.25, 0.3) is 5.91 Å². The first-order chi connectivity index (χ1) is 13.7. The van der Waals surface area contributed by atoms with Crippen molar-refractivity contribution in [3.63, 3.8) is 0 Å². The highest BCUT2D eigenvalue weighted by Crippen LogP contribution is 2.29. The van der Waals surface area contributed by atoms with Crippen molar-refractivity contribution in [3.05, 3.63) is 66.4 Å². The zero-order chi connectivity index (χ0) is 19.3. The van der Waals surface area contributed by atoms with Crippen molar-refractivity contribution in [2.24, 2.45) is 0 Å². The number of carbonyl (C=O) groups excluding carboxylic acids is 1. The second-order valence-electron chi connectivity index (χ2n) is 6.83. The third-order valence-electron chi connectivity index (χ3n) is 4.96. The Kier molecular flexibility index (Phi) is 5.23. The number of hydrogen-bond acceptors (Lipinski definition) is 6. The van der Waals surface area contributed by atoms with Crippen LogP contribution in [-0.2, 0) is 0 Å². The molecule has 4 rings (SSSR count). The number of nitrogens with zero attached hydrogens (tertiary/aromatic N) is 5. The summed E-state index contributed by atoms with van der Waals surface area (Å²) in [6.45, 7) is 1.39. The van der Waals surface area contributed by atoms with Crippen LogP contribution in [0.5, 0.6) is 0 Å². The van der Waals surface area contributed by atoms with Crippen molar-refractivity contribution >= 4 is 11.7 Å². The lowest BCUT2D eigenvalue weighted by atomic mass is 9.94. The van der Waals surface area contributed by atoms with E-state index in [2.05, 4.69) is 20.3 Å². The number of hydrogen-bond donors (Lipinski definition) is 1. The maximum absolute atomic E-state index is 12.8. The first kappa shape index (κ1) is 18.0. The molecule has 1 amide bonds. The highest BCUT2D eigenvalue weighted by Gasteiger charge is 2.27. The fourth-order valence-electron chi connectivity index (χ4n) is 3.50. The average molecular weight is 374 g/mol. The predicted octanol–water partition coefficient (Wildman–Crippen LogP) is 3.00. The summed E-state index contributed by atoms with van der Waals surface area (Å²) in [7, 11) is 1.85. The number of piperidine rings is 1. The zero-order valence-corrected chi connectivity index (χ0v) is 15.7. The summed E-state index contributed by atoms with van der Waals surface area (Å²) in [6, 6.07) is 9.40. The van der Waals surface area contributed by atoms with Crippen LogP contribution < -0.4 is 5.32 Å². The van der Waals surface area contributed by atoms with Gasteiger partial charge in [-0.2, -0.15) is 0 Å². The van der Waals surface area contributed by atoms with Crippen molar-refractivity contribution in [2.75, 3.05) is 25.5 Å². The lowest BCUT2D eigenvalue weighted by Crippen LogP contribution is -2.39. The van der Waals surface area contributed by atoms with Crippen molar-refractivity contribution in [1.29, 1.82) is 0 Å². The van der Waals surface area contributed by atoms with Crippen molar-refractivity contribution < 1.29 is 4.79 Å². The van der Waals surface area contributed by atoms with Crippen LogP contribution in [0.1, 0.15) is 34.8 Å². The van der Waals surface area contributed by atoms with Crippen molar-refractivity contribution in [2.45, 2.75) is 18.8 Å². The van der Waals surface area contributed by atoms with Gasteiger partial charge in [-0.25, -0.2) is 9.97 Å². The summed E-state index contributed by atoms with van der Waals surface area (Å²) in [5, 5.41) is 3.12. The number of nitrogens with one attached hydrogen (secondary N) is 1. The summed E-state index contributed by atoms with van der Waals surface area (Å²) in [5.41, 5.74) is 2.44. The number of aromatic nitrogens is 4. The molecule has 1 fully saturated rings. The van der Waals surface area contributed by atoms with Crippen LogP contribution in [0.3, 0.4) is 0 Å². The topological polar surface area (TPSA) is 83.9 Å². The molecule has 0 aliphatic carbocycles. The van der Waals surface area contributed by atoms with Gasteiger partial charge in [-0.3, -0.25) is 14.8 Å². The standard InChI is InChI=1S/C21H22N6O/c1-22-19-11-18(25-20(26-19)15-5-2-8-23-12-15)17-7-4-10-27(14-17)21(28)16-6-3-9-24-13-16/h2-3,5-6,8-9,11-13,17H,4,7,10,14H2,1H3,(H,22,25,26). The fraction of sp³-hybridized carbons (Fsp3) is 0.286. The summed E-state index contributed by atoms with van der Waals surface area (Å²) < 4.78 is 0. The van der Waals surface area contributed by atoms with E-state index in [1.54, 1.807) is 30.9 Å². The molecule has 1 aliphatic rings. The Morgan fingerprint density at radius 3 is 2.68 bits per heavy atom. The highest BCUT2D eigenvalue weighted by molar-refractivity contribution is 5.94. The molecule has 28 heavy (non-hydrogen) atoms. The van der Waals surface area contributed by atoms with Gasteiger partial charge in [0.15, 0.2) is 5.82 Å². The van der Waals surface area contributed by atoms with E-state index < -0.39 is 0 Å². The van der Waals surface area contributed by atoms with E-state index in [9.17, 15) is 4.79 Å². The zero-order valence-electron chi connectivity index (χ0n) is 15.7. The van der Waals surface area contributed by atoms with Crippen LogP contribution in [0.25, 0.3) is 11.4 Å². The second kappa shape index (κ2) is 8.12. The average Bonchev–Trinajstić information content (AvgIpc) is 2.79. The molecular weight excluding hydrogens is 352 g/mol. The van der Waals surface area contributed by atoms with Gasteiger partial charge in [0.05, 0.1) is 11.3 Å². The SMILES string of the molecule is CNc1cc(C2CCCN(C(=O)c3cccnc3)C2)nc(-c2cccnc2)n1. The molecule has 7 heteroatoms. The third-order valence-corrected chi connectivity index (χ3v) is 4.96. The van der Waals surface area contributed by atoms with E-state index in [1.165, 1.54) is 0 Å². The van der Waals surface area contributed by atoms with Gasteiger partial charge in [0, 0.05) is 62.5 Å². The Bertz CT molecular complexity index is 948. The monoisotopic (exact) mass is 374 g/mol. The van der Waals surface area contributed by atoms with Crippen molar-refractivity contribution in [3.8, 4) is 11.4 Å². The van der Waals surface area contributed by atoms with Crippen LogP contribution in [0.15, 0.2) is 55.1 Å². The normalized spacial score (nSPS) is 16.6. The number of pyridine rings is 2. The molecular formula is C21H22N6O. The van der Waals surface area contributed by atoms with Crippen LogP contribution >= 0.6 is 0 Å². The Balaban J connectivity index is 1.60. The molecule has 0 saturated carbocycles. The molecule has 1 saturated heterocycles. The molecule has 7 nitrogen and oxygen atoms in total. The van der Waals surface area contributed by atoms with E-state index in [-0.39, 0.29) is 11.8 Å². The molecule has 4 heterocycles. The van der Waals surface area contributed by atoms with Gasteiger partial charge < -0.3 is 10.2 Å². The molecule has 3 aromatic heterocycles. The minimum absolute atomic E-state index is 0.0215. The van der Waals surface area contributed by atoms with Crippen LogP contribution in [0, 0.1) is 0 Å². The maximum Gasteiger partial charge on any atom is 0.255 e. The molecule has 1 N–H and O–H groups in total. The Hall–Kier alpha value is -3.35. The second-order valence-corrected chi connectivity index (χ2v) is 6.83. The van der Waals surface area contributed by atoms with Crippen LogP contribution in [0.2, 0.25) is 0 Å². The number of carbonyl (C=O) groups is 1. The molecule has 1 unspecified atom stereocenters. The molecule has 142 valence electrons. The minimum Gasteiger partial charge on any atom is -0.373 e. The molecule has 3 aromatic rings. The fourth-order valence-corrected chi connectivity index (χ4v) is 3.50. The van der Waals surface area contributed by atoms with Gasteiger partial charge in [0.2, 0.25) is 0 Å². The number of likely N-dealkylation sites (tertiary alicyclic amines) is 1. The molecule has 1 aliphatic heterocycles. The molecule has 0 bridgehead atoms. The summed E-state index contributed by atoms with van der Waals surface area (Å²) >= 11 is 0. The molecule has 0 radical (unpaired) electrons. The molecule has 0 aromatic carbocycles. The van der Waals surface area contributed by atoms with E-state index in [0.717, 1.165) is 36.5 Å². The number of rotatable bonds is 4. The van der Waals surface area contributed by atoms with E-state index in [0.29, 0.717) is 17.9 Å². The Labute approximate surface area is 163 Å². The quantitative estimate of drug-likeness (QED) is 0.756. The first-order valence-corrected chi connectivity index (χ1v) is 9.41. The largest absolute Gasteiger partial charge is 0.373 e. The van der Waals surface area contributed by atoms with Gasteiger partial charge in [-0.05, 0) is 37.1 Å². The Morgan fingerprint density at radius 2 is 1.96 bits per heavy atom. The third kappa shape index (κ3) is 3.83. The van der Waals surface area contributed by atoms with Gasteiger partial charge >= 0.3 is 0 Å². The summed E-state index contributed by atoms with van der Waals surface area (Å²) in [5.74, 6) is 1.60. The molecule has 0 spiro atoms. The Morgan fingerprint density at radius 1 is 1.14 bits per heavy atom. The predicted molar refractivity (Wildman–Crippen MR) is 107 cm³/mol. The summed E-state index contributed by atoms with van der Waals surface area (Å²) in [4.78, 5) is 32.3. The van der Waals surface area contributed by atoms with Gasteiger partial charge in [0.1, 0.15) is 5.82 Å². The minimum atomic E-state index is 0.0215. The van der Waals surface area contributed by atoms with Crippen molar-refractivity contribution in [1.82, 2.24) is 24.8 Å². The maximum atomic E-state index is 12.8. The van der Waals surface area contributed by atoms with Gasteiger partial charge in [-0.15, -0.1) is 0 Å². The lowest BCUT2D eigenvalue weighted by molar-refractivity contribution is 0.0705. The summed E-state index contributed by atoms with van der Waals surface area (Å²) in [6.07, 6.45) is 8.72. The lowest BCUT2D eigenvalue weighted by Gasteiger charge is -2.32.